The fraction of sp³-hybridized carbons (Fsp3) is 0.429. The van der Waals surface area contributed by atoms with Gasteiger partial charge in [0.05, 0.1) is 20.3 Å². The molecule has 2 rings (SSSR count). The van der Waals surface area contributed by atoms with Gasteiger partial charge in [-0.15, -0.1) is 0 Å². The molecule has 0 bridgehead atoms. The van der Waals surface area contributed by atoms with Crippen LogP contribution in [0.1, 0.15) is 31.4 Å². The van der Waals surface area contributed by atoms with Gasteiger partial charge in [0.25, 0.3) is 0 Å². The molecule has 0 spiro atoms. The van der Waals surface area contributed by atoms with Crippen LogP contribution in [0.4, 0.5) is 0 Å². The van der Waals surface area contributed by atoms with Gasteiger partial charge in [-0.3, -0.25) is 0 Å². The third kappa shape index (κ3) is 7.17. The highest BCUT2D eigenvalue weighted by molar-refractivity contribution is 5.79. The molecule has 0 radical (unpaired) electrons. The van der Waals surface area contributed by atoms with Crippen LogP contribution in [-0.2, 0) is 13.0 Å². The number of methoxy groups -OCH3 is 1. The summed E-state index contributed by atoms with van der Waals surface area (Å²) in [4.78, 5) is 8.98. The van der Waals surface area contributed by atoms with E-state index in [9.17, 15) is 0 Å². The maximum atomic E-state index is 5.70. The van der Waals surface area contributed by atoms with E-state index < -0.39 is 0 Å². The van der Waals surface area contributed by atoms with Gasteiger partial charge in [-0.25, -0.2) is 9.98 Å². The van der Waals surface area contributed by atoms with Crippen LogP contribution in [0, 0.1) is 0 Å². The monoisotopic (exact) mass is 370 g/mol. The Balaban J connectivity index is 1.91. The second-order valence-corrected chi connectivity index (χ2v) is 6.04. The van der Waals surface area contributed by atoms with Crippen LogP contribution >= 0.6 is 0 Å². The fourth-order valence-electron chi connectivity index (χ4n) is 2.50. The molecule has 2 N–H and O–H groups in total. The molecule has 0 saturated heterocycles. The lowest BCUT2D eigenvalue weighted by Gasteiger charge is -2.12. The van der Waals surface area contributed by atoms with Crippen molar-refractivity contribution < 1.29 is 9.47 Å². The molecule has 0 fully saturated rings. The van der Waals surface area contributed by atoms with E-state index in [2.05, 4.69) is 46.6 Å². The molecule has 146 valence electrons. The predicted molar refractivity (Wildman–Crippen MR) is 110 cm³/mol. The van der Waals surface area contributed by atoms with Crippen LogP contribution in [0.15, 0.2) is 47.6 Å². The Morgan fingerprint density at radius 3 is 2.63 bits per heavy atom. The van der Waals surface area contributed by atoms with E-state index in [0.717, 1.165) is 43.2 Å². The first-order valence-electron chi connectivity index (χ1n) is 9.48. The minimum Gasteiger partial charge on any atom is -0.497 e. The number of pyridine rings is 1. The highest BCUT2D eigenvalue weighted by Crippen LogP contribution is 2.15. The van der Waals surface area contributed by atoms with E-state index in [1.54, 1.807) is 13.3 Å². The van der Waals surface area contributed by atoms with E-state index in [0.29, 0.717) is 19.0 Å². The van der Waals surface area contributed by atoms with Crippen molar-refractivity contribution in [1.29, 1.82) is 0 Å². The van der Waals surface area contributed by atoms with Crippen molar-refractivity contribution in [1.82, 2.24) is 15.6 Å². The zero-order valence-corrected chi connectivity index (χ0v) is 16.5. The standard InChI is InChI=1S/C21H30N4O2/c1-4-15-27-20-18(7-6-13-23-20)16-25-21(22-5-2)24-14-12-17-8-10-19(26-3)11-9-17/h6-11,13H,4-5,12,14-16H2,1-3H3,(H2,22,24,25). The predicted octanol–water partition coefficient (Wildman–Crippen LogP) is 3.18. The number of nitrogens with one attached hydrogen (secondary N) is 2. The highest BCUT2D eigenvalue weighted by atomic mass is 16.5. The summed E-state index contributed by atoms with van der Waals surface area (Å²) in [7, 11) is 1.68. The average Bonchev–Trinajstić information content (AvgIpc) is 2.71. The van der Waals surface area contributed by atoms with Gasteiger partial charge >= 0.3 is 0 Å². The molecule has 0 aliphatic carbocycles. The molecule has 0 atom stereocenters. The number of guanidine groups is 1. The highest BCUT2D eigenvalue weighted by Gasteiger charge is 2.05. The molecule has 1 heterocycles. The van der Waals surface area contributed by atoms with Crippen molar-refractivity contribution in [3.05, 3.63) is 53.7 Å². The van der Waals surface area contributed by atoms with Gasteiger partial charge < -0.3 is 20.1 Å². The number of rotatable bonds is 10. The maximum Gasteiger partial charge on any atom is 0.218 e. The van der Waals surface area contributed by atoms with Gasteiger partial charge in [0, 0.05) is 24.8 Å². The Morgan fingerprint density at radius 1 is 1.11 bits per heavy atom. The summed E-state index contributed by atoms with van der Waals surface area (Å²) in [6, 6.07) is 12.0. The number of aromatic nitrogens is 1. The topological polar surface area (TPSA) is 67.8 Å². The lowest BCUT2D eigenvalue weighted by atomic mass is 10.1. The minimum atomic E-state index is 0.519. The molecular formula is C21H30N4O2. The van der Waals surface area contributed by atoms with E-state index in [1.165, 1.54) is 5.56 Å². The molecule has 2 aromatic rings. The van der Waals surface area contributed by atoms with E-state index in [1.807, 2.05) is 24.3 Å². The molecule has 0 aliphatic rings. The molecule has 0 unspecified atom stereocenters. The van der Waals surface area contributed by atoms with E-state index >= 15 is 0 Å². The molecule has 1 aromatic carbocycles. The van der Waals surface area contributed by atoms with Gasteiger partial charge in [-0.2, -0.15) is 0 Å². The second-order valence-electron chi connectivity index (χ2n) is 6.04. The average molecular weight is 370 g/mol. The third-order valence-electron chi connectivity index (χ3n) is 3.91. The Labute approximate surface area is 162 Å². The Hall–Kier alpha value is -2.76. The molecule has 6 heteroatoms. The van der Waals surface area contributed by atoms with Crippen LogP contribution in [0.2, 0.25) is 0 Å². The van der Waals surface area contributed by atoms with Gasteiger partial charge in [-0.05, 0) is 43.5 Å². The first-order valence-corrected chi connectivity index (χ1v) is 9.48. The Kier molecular flexibility index (Phi) is 8.96. The van der Waals surface area contributed by atoms with Crippen molar-refractivity contribution >= 4 is 5.96 Å². The fourth-order valence-corrected chi connectivity index (χ4v) is 2.50. The Morgan fingerprint density at radius 2 is 1.93 bits per heavy atom. The molecule has 1 aromatic heterocycles. The van der Waals surface area contributed by atoms with Crippen molar-refractivity contribution in [2.24, 2.45) is 4.99 Å². The lowest BCUT2D eigenvalue weighted by molar-refractivity contribution is 0.302. The second kappa shape index (κ2) is 11.8. The SMILES string of the molecule is CCCOc1ncccc1CN=C(NCC)NCCc1ccc(OC)cc1. The van der Waals surface area contributed by atoms with E-state index in [4.69, 9.17) is 9.47 Å². The largest absolute Gasteiger partial charge is 0.497 e. The first kappa shape index (κ1) is 20.6. The van der Waals surface area contributed by atoms with Crippen LogP contribution < -0.4 is 20.1 Å². The molecule has 27 heavy (non-hydrogen) atoms. The summed E-state index contributed by atoms with van der Waals surface area (Å²) in [5.74, 6) is 2.33. The number of hydrogen-bond acceptors (Lipinski definition) is 4. The van der Waals surface area contributed by atoms with Crippen LogP contribution in [-0.4, -0.2) is 37.7 Å². The zero-order chi connectivity index (χ0) is 19.3. The number of benzene rings is 1. The smallest absolute Gasteiger partial charge is 0.218 e. The quantitative estimate of drug-likeness (QED) is 0.497. The molecule has 0 saturated carbocycles. The summed E-state index contributed by atoms with van der Waals surface area (Å²) in [6.07, 6.45) is 3.61. The molecule has 0 amide bonds. The van der Waals surface area contributed by atoms with Crippen LogP contribution in [0.25, 0.3) is 0 Å². The van der Waals surface area contributed by atoms with Gasteiger partial charge in [0.15, 0.2) is 5.96 Å². The first-order chi connectivity index (χ1) is 13.3. The third-order valence-corrected chi connectivity index (χ3v) is 3.91. The van der Waals surface area contributed by atoms with Crippen molar-refractivity contribution in [3.8, 4) is 11.6 Å². The van der Waals surface area contributed by atoms with Gasteiger partial charge in [0.1, 0.15) is 5.75 Å². The summed E-state index contributed by atoms with van der Waals surface area (Å²) in [5, 5.41) is 6.65. The normalized spacial score (nSPS) is 11.1. The minimum absolute atomic E-state index is 0.519. The van der Waals surface area contributed by atoms with Crippen LogP contribution in [0.5, 0.6) is 11.6 Å². The number of aliphatic imine (C=N–C) groups is 1. The maximum absolute atomic E-state index is 5.70. The Bertz CT molecular complexity index is 702. The van der Waals surface area contributed by atoms with Crippen molar-refractivity contribution in [2.75, 3.05) is 26.8 Å². The summed E-state index contributed by atoms with van der Waals surface area (Å²) < 4.78 is 10.9. The lowest BCUT2D eigenvalue weighted by Crippen LogP contribution is -2.38. The van der Waals surface area contributed by atoms with Crippen molar-refractivity contribution in [3.63, 3.8) is 0 Å². The van der Waals surface area contributed by atoms with Crippen molar-refractivity contribution in [2.45, 2.75) is 33.2 Å². The van der Waals surface area contributed by atoms with E-state index in [-0.39, 0.29) is 0 Å². The van der Waals surface area contributed by atoms with Gasteiger partial charge in [0.2, 0.25) is 5.88 Å². The van der Waals surface area contributed by atoms with Crippen LogP contribution in [0.3, 0.4) is 0 Å². The molecular weight excluding hydrogens is 340 g/mol. The zero-order valence-electron chi connectivity index (χ0n) is 16.5. The van der Waals surface area contributed by atoms with Gasteiger partial charge in [-0.1, -0.05) is 25.1 Å². The number of nitrogens with zero attached hydrogens (tertiary/aromatic N) is 2. The molecule has 6 nitrogen and oxygen atoms in total. The number of ether oxygens (including phenoxy) is 2. The summed E-state index contributed by atoms with van der Waals surface area (Å²) >= 11 is 0. The number of hydrogen-bond donors (Lipinski definition) is 2. The summed E-state index contributed by atoms with van der Waals surface area (Å²) in [5.41, 5.74) is 2.24. The summed E-state index contributed by atoms with van der Waals surface area (Å²) in [6.45, 7) is 6.92. The molecule has 0 aliphatic heterocycles.